The largest absolute Gasteiger partial charge is 0.306 e. The summed E-state index contributed by atoms with van der Waals surface area (Å²) in [5.41, 5.74) is 2.46. The highest BCUT2D eigenvalue weighted by Gasteiger charge is 2.09. The van der Waals surface area contributed by atoms with Gasteiger partial charge in [0.15, 0.2) is 0 Å². The summed E-state index contributed by atoms with van der Waals surface area (Å²) in [6, 6.07) is 5.52. The lowest BCUT2D eigenvalue weighted by Gasteiger charge is -2.06. The summed E-state index contributed by atoms with van der Waals surface area (Å²) in [7, 11) is 0. The van der Waals surface area contributed by atoms with E-state index >= 15 is 0 Å². The maximum absolute atomic E-state index is 6.23. The Balaban J connectivity index is 2.30. The first-order valence-electron chi connectivity index (χ1n) is 4.99. The first kappa shape index (κ1) is 10.6. The highest BCUT2D eigenvalue weighted by Crippen LogP contribution is 2.32. The monoisotopic (exact) mass is 263 g/mol. The van der Waals surface area contributed by atoms with Gasteiger partial charge >= 0.3 is 0 Å². The molecule has 0 aromatic carbocycles. The number of imidazole rings is 1. The average Bonchev–Trinajstić information content (AvgIpc) is 2.76. The van der Waals surface area contributed by atoms with Gasteiger partial charge in [0.2, 0.25) is 0 Å². The van der Waals surface area contributed by atoms with Gasteiger partial charge in [0.25, 0.3) is 0 Å². The molecule has 3 rings (SSSR count). The number of pyridine rings is 2. The first-order chi connectivity index (χ1) is 8.25. The fraction of sp³-hybridized carbons (Fsp3) is 0. The second-order valence-electron chi connectivity index (χ2n) is 3.57. The number of fused-ring (bicyclic) bond motifs is 1. The Morgan fingerprint density at radius 2 is 1.94 bits per heavy atom. The number of hydrogen-bond acceptors (Lipinski definition) is 2. The van der Waals surface area contributed by atoms with Crippen LogP contribution in [-0.2, 0) is 0 Å². The average molecular weight is 264 g/mol. The molecular formula is C12H7Cl2N3. The van der Waals surface area contributed by atoms with E-state index in [4.69, 9.17) is 23.2 Å². The van der Waals surface area contributed by atoms with Gasteiger partial charge in [0, 0.05) is 42.0 Å². The van der Waals surface area contributed by atoms with Crippen molar-refractivity contribution in [2.75, 3.05) is 0 Å². The van der Waals surface area contributed by atoms with E-state index in [-0.39, 0.29) is 0 Å². The molecule has 0 bridgehead atoms. The lowest BCUT2D eigenvalue weighted by atomic mass is 10.1. The van der Waals surface area contributed by atoms with Crippen LogP contribution in [0, 0.1) is 0 Å². The number of rotatable bonds is 1. The Labute approximate surface area is 108 Å². The van der Waals surface area contributed by atoms with Crippen LogP contribution in [0.4, 0.5) is 0 Å². The minimum Gasteiger partial charge on any atom is -0.306 e. The molecule has 3 aromatic heterocycles. The van der Waals surface area contributed by atoms with E-state index in [1.807, 2.05) is 28.9 Å². The second-order valence-corrected chi connectivity index (χ2v) is 4.33. The van der Waals surface area contributed by atoms with Gasteiger partial charge in [-0.05, 0) is 12.1 Å². The zero-order valence-electron chi connectivity index (χ0n) is 8.64. The molecule has 3 heterocycles. The zero-order valence-corrected chi connectivity index (χ0v) is 10.2. The van der Waals surface area contributed by atoms with Crippen LogP contribution in [-0.4, -0.2) is 14.4 Å². The summed E-state index contributed by atoms with van der Waals surface area (Å²) >= 11 is 12.3. The van der Waals surface area contributed by atoms with E-state index in [1.54, 1.807) is 18.5 Å². The van der Waals surface area contributed by atoms with E-state index in [2.05, 4.69) is 9.97 Å². The molecule has 0 unspecified atom stereocenters. The molecule has 17 heavy (non-hydrogen) atoms. The van der Waals surface area contributed by atoms with Gasteiger partial charge in [0.1, 0.15) is 10.8 Å². The molecule has 0 N–H and O–H groups in total. The SMILES string of the molecule is Clc1cc2nccn2cc1-c1cccnc1Cl. The first-order valence-corrected chi connectivity index (χ1v) is 5.74. The summed E-state index contributed by atoms with van der Waals surface area (Å²) < 4.78 is 1.89. The predicted molar refractivity (Wildman–Crippen MR) is 68.4 cm³/mol. The van der Waals surface area contributed by atoms with Gasteiger partial charge < -0.3 is 4.40 Å². The van der Waals surface area contributed by atoms with Crippen molar-refractivity contribution < 1.29 is 0 Å². The van der Waals surface area contributed by atoms with Crippen LogP contribution < -0.4 is 0 Å². The molecule has 0 radical (unpaired) electrons. The molecule has 0 spiro atoms. The van der Waals surface area contributed by atoms with Gasteiger partial charge in [-0.1, -0.05) is 23.2 Å². The molecule has 5 heteroatoms. The Hall–Kier alpha value is -1.58. The minimum atomic E-state index is 0.439. The van der Waals surface area contributed by atoms with Crippen molar-refractivity contribution in [1.82, 2.24) is 14.4 Å². The third-order valence-electron chi connectivity index (χ3n) is 2.53. The van der Waals surface area contributed by atoms with E-state index in [0.29, 0.717) is 10.2 Å². The fourth-order valence-corrected chi connectivity index (χ4v) is 2.19. The van der Waals surface area contributed by atoms with Crippen LogP contribution >= 0.6 is 23.2 Å². The molecular weight excluding hydrogens is 257 g/mol. The van der Waals surface area contributed by atoms with Crippen molar-refractivity contribution in [1.29, 1.82) is 0 Å². The summed E-state index contributed by atoms with van der Waals surface area (Å²) in [4.78, 5) is 8.21. The van der Waals surface area contributed by atoms with Gasteiger partial charge in [0.05, 0.1) is 5.02 Å². The number of aromatic nitrogens is 3. The van der Waals surface area contributed by atoms with E-state index in [0.717, 1.165) is 16.8 Å². The molecule has 0 saturated heterocycles. The molecule has 84 valence electrons. The van der Waals surface area contributed by atoms with Crippen molar-refractivity contribution in [2.24, 2.45) is 0 Å². The lowest BCUT2D eigenvalue weighted by molar-refractivity contribution is 1.18. The Morgan fingerprint density at radius 1 is 1.06 bits per heavy atom. The molecule has 0 fully saturated rings. The standard InChI is InChI=1S/C12H7Cl2N3/c13-10-6-11-15-4-5-17(11)7-9(10)8-2-1-3-16-12(8)14/h1-7H. The van der Waals surface area contributed by atoms with Crippen molar-refractivity contribution >= 4 is 28.8 Å². The Morgan fingerprint density at radius 3 is 2.76 bits per heavy atom. The summed E-state index contributed by atoms with van der Waals surface area (Å²) in [6.45, 7) is 0. The minimum absolute atomic E-state index is 0.439. The fourth-order valence-electron chi connectivity index (χ4n) is 1.72. The zero-order chi connectivity index (χ0) is 11.8. The molecule has 0 amide bonds. The number of hydrogen-bond donors (Lipinski definition) is 0. The second kappa shape index (κ2) is 4.02. The maximum atomic E-state index is 6.23. The molecule has 3 nitrogen and oxygen atoms in total. The maximum Gasteiger partial charge on any atom is 0.138 e. The lowest BCUT2D eigenvalue weighted by Crippen LogP contribution is -1.89. The topological polar surface area (TPSA) is 30.2 Å². The smallest absolute Gasteiger partial charge is 0.138 e. The van der Waals surface area contributed by atoms with Crippen LogP contribution in [0.5, 0.6) is 0 Å². The Kier molecular flexibility index (Phi) is 2.50. The molecule has 0 aliphatic carbocycles. The quantitative estimate of drug-likeness (QED) is 0.627. The molecule has 0 aliphatic rings. The van der Waals surface area contributed by atoms with Gasteiger partial charge in [-0.2, -0.15) is 0 Å². The van der Waals surface area contributed by atoms with Gasteiger partial charge in [-0.15, -0.1) is 0 Å². The van der Waals surface area contributed by atoms with Crippen molar-refractivity contribution in [2.45, 2.75) is 0 Å². The van der Waals surface area contributed by atoms with Crippen LogP contribution in [0.2, 0.25) is 10.2 Å². The summed E-state index contributed by atoms with van der Waals surface area (Å²) in [5.74, 6) is 0. The van der Waals surface area contributed by atoms with Crippen LogP contribution in [0.15, 0.2) is 43.0 Å². The number of nitrogens with zero attached hydrogens (tertiary/aromatic N) is 3. The van der Waals surface area contributed by atoms with E-state index in [1.165, 1.54) is 0 Å². The summed E-state index contributed by atoms with van der Waals surface area (Å²) in [5, 5.41) is 1.05. The van der Waals surface area contributed by atoms with Crippen LogP contribution in [0.3, 0.4) is 0 Å². The van der Waals surface area contributed by atoms with Gasteiger partial charge in [-0.3, -0.25) is 0 Å². The highest BCUT2D eigenvalue weighted by atomic mass is 35.5. The van der Waals surface area contributed by atoms with Crippen molar-refractivity contribution in [3.63, 3.8) is 0 Å². The molecule has 0 atom stereocenters. The third-order valence-corrected chi connectivity index (χ3v) is 3.14. The van der Waals surface area contributed by atoms with Crippen LogP contribution in [0.25, 0.3) is 16.8 Å². The highest BCUT2D eigenvalue weighted by molar-refractivity contribution is 6.36. The molecule has 0 aliphatic heterocycles. The Bertz CT molecular complexity index is 691. The van der Waals surface area contributed by atoms with E-state index in [9.17, 15) is 0 Å². The third kappa shape index (κ3) is 1.77. The normalized spacial score (nSPS) is 10.9. The van der Waals surface area contributed by atoms with Crippen molar-refractivity contribution in [3.8, 4) is 11.1 Å². The summed E-state index contributed by atoms with van der Waals surface area (Å²) in [6.07, 6.45) is 7.13. The molecule has 0 saturated carbocycles. The molecule has 3 aromatic rings. The van der Waals surface area contributed by atoms with Crippen molar-refractivity contribution in [3.05, 3.63) is 53.2 Å². The number of halogens is 2. The van der Waals surface area contributed by atoms with Gasteiger partial charge in [-0.25, -0.2) is 9.97 Å². The predicted octanol–water partition coefficient (Wildman–Crippen LogP) is 3.70. The van der Waals surface area contributed by atoms with E-state index < -0.39 is 0 Å². The van der Waals surface area contributed by atoms with Crippen LogP contribution in [0.1, 0.15) is 0 Å².